The van der Waals surface area contributed by atoms with Gasteiger partial charge in [0, 0.05) is 0 Å². The van der Waals surface area contributed by atoms with Crippen molar-refractivity contribution in [1.29, 1.82) is 0 Å². The Morgan fingerprint density at radius 1 is 1.45 bits per heavy atom. The van der Waals surface area contributed by atoms with Crippen LogP contribution < -0.4 is 0 Å². The van der Waals surface area contributed by atoms with Gasteiger partial charge in [-0.25, -0.2) is 0 Å². The number of rotatable bonds is 6. The second-order valence-electron chi connectivity index (χ2n) is 4.66. The number of aromatic amines is 1. The van der Waals surface area contributed by atoms with Crippen LogP contribution in [0.5, 0.6) is 0 Å². The van der Waals surface area contributed by atoms with E-state index in [1.165, 1.54) is 0 Å². The van der Waals surface area contributed by atoms with Gasteiger partial charge in [0.1, 0.15) is 6.10 Å². The van der Waals surface area contributed by atoms with Gasteiger partial charge in [-0.15, -0.1) is 10.2 Å². The highest BCUT2D eigenvalue weighted by molar-refractivity contribution is 5.68. The summed E-state index contributed by atoms with van der Waals surface area (Å²) in [4.78, 5) is 0. The number of benzene rings is 1. The SMILES string of the molecule is C[C@@H](OC[C@H]1CO1)c1ccccc1/C=C/c1nn[nH]n1. The molecule has 0 bridgehead atoms. The fourth-order valence-corrected chi connectivity index (χ4v) is 1.94. The van der Waals surface area contributed by atoms with E-state index in [1.807, 2.05) is 37.3 Å². The maximum Gasteiger partial charge on any atom is 0.197 e. The maximum atomic E-state index is 5.82. The van der Waals surface area contributed by atoms with E-state index in [1.54, 1.807) is 0 Å². The molecule has 6 heteroatoms. The second-order valence-corrected chi connectivity index (χ2v) is 4.66. The number of aromatic nitrogens is 4. The average molecular weight is 272 g/mol. The van der Waals surface area contributed by atoms with Crippen LogP contribution in [-0.2, 0) is 9.47 Å². The van der Waals surface area contributed by atoms with Crippen molar-refractivity contribution in [2.75, 3.05) is 13.2 Å². The molecule has 1 aliphatic heterocycles. The van der Waals surface area contributed by atoms with Crippen LogP contribution in [0.3, 0.4) is 0 Å². The lowest BCUT2D eigenvalue weighted by molar-refractivity contribution is 0.0538. The van der Waals surface area contributed by atoms with Crippen molar-refractivity contribution < 1.29 is 9.47 Å². The molecular weight excluding hydrogens is 256 g/mol. The summed E-state index contributed by atoms with van der Waals surface area (Å²) in [7, 11) is 0. The molecule has 0 radical (unpaired) electrons. The Labute approximate surface area is 116 Å². The van der Waals surface area contributed by atoms with Gasteiger partial charge in [-0.2, -0.15) is 5.21 Å². The number of H-pyrrole nitrogens is 1. The van der Waals surface area contributed by atoms with Crippen molar-refractivity contribution in [3.8, 4) is 0 Å². The van der Waals surface area contributed by atoms with Crippen LogP contribution in [0.1, 0.15) is 30.0 Å². The molecule has 1 fully saturated rings. The third-order valence-corrected chi connectivity index (χ3v) is 3.14. The number of nitrogens with zero attached hydrogens (tertiary/aromatic N) is 3. The van der Waals surface area contributed by atoms with Crippen molar-refractivity contribution in [2.45, 2.75) is 19.1 Å². The van der Waals surface area contributed by atoms with Gasteiger partial charge >= 0.3 is 0 Å². The quantitative estimate of drug-likeness (QED) is 0.812. The Balaban J connectivity index is 1.72. The summed E-state index contributed by atoms with van der Waals surface area (Å²) in [6.45, 7) is 3.50. The zero-order valence-electron chi connectivity index (χ0n) is 11.2. The number of hydrogen-bond donors (Lipinski definition) is 1. The van der Waals surface area contributed by atoms with Crippen molar-refractivity contribution in [3.63, 3.8) is 0 Å². The predicted molar refractivity (Wildman–Crippen MR) is 73.7 cm³/mol. The summed E-state index contributed by atoms with van der Waals surface area (Å²) >= 11 is 0. The fourth-order valence-electron chi connectivity index (χ4n) is 1.94. The van der Waals surface area contributed by atoms with E-state index in [0.29, 0.717) is 12.4 Å². The molecule has 1 N–H and O–H groups in total. The molecular formula is C14H16N4O2. The minimum atomic E-state index is 0.0188. The van der Waals surface area contributed by atoms with Crippen LogP contribution >= 0.6 is 0 Å². The number of tetrazole rings is 1. The first kappa shape index (κ1) is 13.0. The number of nitrogens with one attached hydrogen (secondary N) is 1. The highest BCUT2D eigenvalue weighted by Gasteiger charge is 2.23. The average Bonchev–Trinajstić information content (AvgIpc) is 3.17. The van der Waals surface area contributed by atoms with Crippen LogP contribution in [0.2, 0.25) is 0 Å². The molecule has 6 nitrogen and oxygen atoms in total. The monoisotopic (exact) mass is 272 g/mol. The van der Waals surface area contributed by atoms with E-state index < -0.39 is 0 Å². The third-order valence-electron chi connectivity index (χ3n) is 3.14. The molecule has 1 aromatic carbocycles. The van der Waals surface area contributed by atoms with Crippen LogP contribution in [0, 0.1) is 0 Å². The predicted octanol–water partition coefficient (Wildman–Crippen LogP) is 1.85. The lowest BCUT2D eigenvalue weighted by Gasteiger charge is -2.15. The topological polar surface area (TPSA) is 76.2 Å². The number of epoxide rings is 1. The summed E-state index contributed by atoms with van der Waals surface area (Å²) in [6, 6.07) is 8.11. The summed E-state index contributed by atoms with van der Waals surface area (Å²) in [5.41, 5.74) is 2.22. The molecule has 104 valence electrons. The molecule has 0 spiro atoms. The Morgan fingerprint density at radius 2 is 2.30 bits per heavy atom. The van der Waals surface area contributed by atoms with Crippen molar-refractivity contribution in [1.82, 2.24) is 20.6 Å². The van der Waals surface area contributed by atoms with Gasteiger partial charge in [0.25, 0.3) is 0 Å². The Bertz CT molecular complexity index is 579. The van der Waals surface area contributed by atoms with Crippen molar-refractivity contribution >= 4 is 12.2 Å². The summed E-state index contributed by atoms with van der Waals surface area (Å²) in [5, 5.41) is 13.7. The van der Waals surface area contributed by atoms with Crippen LogP contribution in [0.4, 0.5) is 0 Å². The van der Waals surface area contributed by atoms with E-state index in [-0.39, 0.29) is 12.2 Å². The standard InChI is InChI=1S/C14H16N4O2/c1-10(19-8-12-9-20-12)13-5-3-2-4-11(13)6-7-14-15-17-18-16-14/h2-7,10,12H,8-9H2,1H3,(H,15,16,17,18)/b7-6+/t10-,12+/m1/s1. The van der Waals surface area contributed by atoms with Gasteiger partial charge in [0.05, 0.1) is 19.3 Å². The Hall–Kier alpha value is -2.05. The van der Waals surface area contributed by atoms with Crippen LogP contribution in [0.25, 0.3) is 12.2 Å². The smallest absolute Gasteiger partial charge is 0.197 e. The molecule has 3 rings (SSSR count). The van der Waals surface area contributed by atoms with Crippen molar-refractivity contribution in [2.24, 2.45) is 0 Å². The summed E-state index contributed by atoms with van der Waals surface area (Å²) in [5.74, 6) is 0.555. The Morgan fingerprint density at radius 3 is 3.05 bits per heavy atom. The molecule has 0 amide bonds. The molecule has 2 atom stereocenters. The van der Waals surface area contributed by atoms with Gasteiger partial charge in [-0.1, -0.05) is 30.3 Å². The molecule has 2 aromatic rings. The third kappa shape index (κ3) is 3.28. The molecule has 1 aromatic heterocycles. The van der Waals surface area contributed by atoms with Gasteiger partial charge in [0.2, 0.25) is 0 Å². The van der Waals surface area contributed by atoms with E-state index in [9.17, 15) is 0 Å². The van der Waals surface area contributed by atoms with Crippen LogP contribution in [-0.4, -0.2) is 39.9 Å². The normalized spacial score (nSPS) is 19.4. The van der Waals surface area contributed by atoms with Gasteiger partial charge < -0.3 is 9.47 Å². The number of hydrogen-bond acceptors (Lipinski definition) is 5. The first-order chi connectivity index (χ1) is 9.83. The van der Waals surface area contributed by atoms with Crippen LogP contribution in [0.15, 0.2) is 24.3 Å². The highest BCUT2D eigenvalue weighted by atomic mass is 16.6. The Kier molecular flexibility index (Phi) is 3.85. The summed E-state index contributed by atoms with van der Waals surface area (Å²) < 4.78 is 11.0. The minimum Gasteiger partial charge on any atom is -0.371 e. The lowest BCUT2D eigenvalue weighted by Crippen LogP contribution is -2.07. The van der Waals surface area contributed by atoms with Gasteiger partial charge in [-0.3, -0.25) is 0 Å². The molecule has 2 heterocycles. The fraction of sp³-hybridized carbons (Fsp3) is 0.357. The molecule has 20 heavy (non-hydrogen) atoms. The largest absolute Gasteiger partial charge is 0.371 e. The second kappa shape index (κ2) is 5.94. The zero-order chi connectivity index (χ0) is 13.8. The summed E-state index contributed by atoms with van der Waals surface area (Å²) in [6.07, 6.45) is 4.08. The van der Waals surface area contributed by atoms with Gasteiger partial charge in [0.15, 0.2) is 5.82 Å². The molecule has 0 aliphatic carbocycles. The van der Waals surface area contributed by atoms with E-state index in [4.69, 9.17) is 9.47 Å². The molecule has 1 saturated heterocycles. The number of ether oxygens (including phenoxy) is 2. The highest BCUT2D eigenvalue weighted by Crippen LogP contribution is 2.24. The van der Waals surface area contributed by atoms with E-state index >= 15 is 0 Å². The lowest BCUT2D eigenvalue weighted by atomic mass is 10.0. The van der Waals surface area contributed by atoms with E-state index in [2.05, 4.69) is 26.7 Å². The first-order valence-corrected chi connectivity index (χ1v) is 6.56. The minimum absolute atomic E-state index is 0.0188. The molecule has 0 saturated carbocycles. The first-order valence-electron chi connectivity index (χ1n) is 6.56. The maximum absolute atomic E-state index is 5.82. The van der Waals surface area contributed by atoms with E-state index in [0.717, 1.165) is 17.7 Å². The zero-order valence-corrected chi connectivity index (χ0v) is 11.2. The van der Waals surface area contributed by atoms with Crippen molar-refractivity contribution in [3.05, 3.63) is 41.2 Å². The molecule has 0 unspecified atom stereocenters. The molecule has 1 aliphatic rings. The van der Waals surface area contributed by atoms with Gasteiger partial charge in [-0.05, 0) is 29.3 Å².